The largest absolute Gasteiger partial charge is 0.461 e. The van der Waals surface area contributed by atoms with Gasteiger partial charge in [-0.1, -0.05) is 34.4 Å². The molecule has 0 radical (unpaired) electrons. The fraction of sp³-hybridized carbons (Fsp3) is 0.667. The van der Waals surface area contributed by atoms with Crippen molar-refractivity contribution in [1.82, 2.24) is 0 Å². The fourth-order valence-corrected chi connectivity index (χ4v) is 2.18. The highest BCUT2D eigenvalue weighted by Crippen LogP contribution is 2.33. The Bertz CT molecular complexity index is 141. The van der Waals surface area contributed by atoms with E-state index in [1.54, 1.807) is 6.08 Å². The number of rotatable bonds is 6. The van der Waals surface area contributed by atoms with Crippen molar-refractivity contribution in [3.63, 3.8) is 0 Å². The van der Waals surface area contributed by atoms with Crippen molar-refractivity contribution < 1.29 is 9.53 Å². The summed E-state index contributed by atoms with van der Waals surface area (Å²) in [6.07, 6.45) is 4.41. The molecule has 0 aromatic rings. The maximum absolute atomic E-state index is 11.1. The molecule has 0 aromatic carbocycles. The van der Waals surface area contributed by atoms with Gasteiger partial charge >= 0.3 is 5.97 Å². The van der Waals surface area contributed by atoms with Crippen LogP contribution in [0, 0.1) is 0 Å². The minimum atomic E-state index is -0.121. The van der Waals surface area contributed by atoms with E-state index in [-0.39, 0.29) is 13.9 Å². The van der Waals surface area contributed by atoms with E-state index in [1.807, 2.05) is 0 Å². The standard InChI is InChI=1S/C9H17O2P/c1-4-7-11-9(10)8-12(5-2)6-3/h4H,1,5-8H2,2-3H3. The monoisotopic (exact) mass is 188 g/mol. The summed E-state index contributed by atoms with van der Waals surface area (Å²) in [5, 5.41) is 0. The van der Waals surface area contributed by atoms with Crippen LogP contribution in [0.1, 0.15) is 13.8 Å². The number of carbonyl (C=O) groups excluding carboxylic acids is 1. The summed E-state index contributed by atoms with van der Waals surface area (Å²) < 4.78 is 4.88. The molecule has 0 aliphatic carbocycles. The zero-order chi connectivity index (χ0) is 9.40. The lowest BCUT2D eigenvalue weighted by Crippen LogP contribution is -2.09. The van der Waals surface area contributed by atoms with Crippen LogP contribution in [-0.2, 0) is 9.53 Å². The second-order valence-corrected chi connectivity index (χ2v) is 5.36. The van der Waals surface area contributed by atoms with Crippen LogP contribution in [-0.4, -0.2) is 31.1 Å². The first kappa shape index (κ1) is 11.6. The summed E-state index contributed by atoms with van der Waals surface area (Å²) in [5.41, 5.74) is 0. The maximum atomic E-state index is 11.1. The molecule has 0 unspecified atom stereocenters. The van der Waals surface area contributed by atoms with Crippen molar-refractivity contribution in [2.75, 3.05) is 25.1 Å². The molecule has 0 heterocycles. The van der Waals surface area contributed by atoms with E-state index in [2.05, 4.69) is 20.4 Å². The average molecular weight is 188 g/mol. The number of ether oxygens (including phenoxy) is 1. The lowest BCUT2D eigenvalue weighted by molar-refractivity contribution is -0.139. The van der Waals surface area contributed by atoms with Crippen molar-refractivity contribution >= 4 is 13.9 Å². The van der Waals surface area contributed by atoms with Crippen LogP contribution < -0.4 is 0 Å². The normalized spacial score (nSPS) is 9.92. The highest BCUT2D eigenvalue weighted by molar-refractivity contribution is 7.58. The molecule has 0 aliphatic heterocycles. The highest BCUT2D eigenvalue weighted by atomic mass is 31.1. The minimum absolute atomic E-state index is 0.0790. The molecule has 3 heteroatoms. The summed E-state index contributed by atoms with van der Waals surface area (Å²) in [4.78, 5) is 11.1. The van der Waals surface area contributed by atoms with Crippen LogP contribution in [0.25, 0.3) is 0 Å². The fourth-order valence-electron chi connectivity index (χ4n) is 0.827. The van der Waals surface area contributed by atoms with Gasteiger partial charge in [0.1, 0.15) is 6.61 Å². The predicted molar refractivity (Wildman–Crippen MR) is 54.0 cm³/mol. The van der Waals surface area contributed by atoms with E-state index in [1.165, 1.54) is 0 Å². The summed E-state index contributed by atoms with van der Waals surface area (Å²) in [6, 6.07) is 0. The van der Waals surface area contributed by atoms with Crippen LogP contribution in [0.3, 0.4) is 0 Å². The molecule has 0 N–H and O–H groups in total. The Balaban J connectivity index is 3.58. The van der Waals surface area contributed by atoms with E-state index in [9.17, 15) is 4.79 Å². The average Bonchev–Trinajstić information content (AvgIpc) is 2.10. The number of hydrogen-bond donors (Lipinski definition) is 0. The first-order chi connectivity index (χ1) is 5.74. The summed E-state index contributed by atoms with van der Waals surface area (Å²) >= 11 is 0. The van der Waals surface area contributed by atoms with E-state index >= 15 is 0 Å². The Hall–Kier alpha value is -0.360. The first-order valence-electron chi connectivity index (χ1n) is 4.23. The molecular weight excluding hydrogens is 171 g/mol. The molecule has 0 saturated heterocycles. The molecule has 0 rings (SSSR count). The zero-order valence-electron chi connectivity index (χ0n) is 7.88. The van der Waals surface area contributed by atoms with E-state index in [4.69, 9.17) is 4.74 Å². The molecule has 0 aromatic heterocycles. The summed E-state index contributed by atoms with van der Waals surface area (Å²) in [6.45, 7) is 8.06. The van der Waals surface area contributed by atoms with Crippen LogP contribution in [0.4, 0.5) is 0 Å². The Morgan fingerprint density at radius 1 is 1.50 bits per heavy atom. The zero-order valence-corrected chi connectivity index (χ0v) is 8.77. The van der Waals surface area contributed by atoms with Crippen molar-refractivity contribution in [3.05, 3.63) is 12.7 Å². The van der Waals surface area contributed by atoms with Crippen LogP contribution >= 0.6 is 7.92 Å². The molecule has 12 heavy (non-hydrogen) atoms. The molecular formula is C9H17O2P. The van der Waals surface area contributed by atoms with Gasteiger partial charge in [0.25, 0.3) is 0 Å². The van der Waals surface area contributed by atoms with Gasteiger partial charge in [0.05, 0.1) is 6.16 Å². The van der Waals surface area contributed by atoms with E-state index < -0.39 is 0 Å². The SMILES string of the molecule is C=CCOC(=O)CP(CC)CC. The molecule has 0 fully saturated rings. The van der Waals surface area contributed by atoms with Crippen molar-refractivity contribution in [3.8, 4) is 0 Å². The second-order valence-electron chi connectivity index (χ2n) is 2.43. The third kappa shape index (κ3) is 5.31. The lowest BCUT2D eigenvalue weighted by Gasteiger charge is -2.11. The minimum Gasteiger partial charge on any atom is -0.461 e. The van der Waals surface area contributed by atoms with Gasteiger partial charge in [-0.3, -0.25) is 4.79 Å². The highest BCUT2D eigenvalue weighted by Gasteiger charge is 2.09. The van der Waals surface area contributed by atoms with Gasteiger partial charge in [0.15, 0.2) is 0 Å². The number of esters is 1. The molecule has 0 atom stereocenters. The topological polar surface area (TPSA) is 26.3 Å². The quantitative estimate of drug-likeness (QED) is 0.363. The Morgan fingerprint density at radius 3 is 2.50 bits per heavy atom. The van der Waals surface area contributed by atoms with Crippen molar-refractivity contribution in [2.24, 2.45) is 0 Å². The maximum Gasteiger partial charge on any atom is 0.310 e. The number of hydrogen-bond acceptors (Lipinski definition) is 2. The van der Waals surface area contributed by atoms with E-state index in [0.29, 0.717) is 12.8 Å². The van der Waals surface area contributed by atoms with Gasteiger partial charge in [-0.05, 0) is 12.3 Å². The molecule has 0 saturated carbocycles. The predicted octanol–water partition coefficient (Wildman–Crippen LogP) is 2.24. The van der Waals surface area contributed by atoms with Gasteiger partial charge in [0, 0.05) is 0 Å². The summed E-state index contributed by atoms with van der Waals surface area (Å²) in [5.74, 6) is -0.0790. The molecule has 0 amide bonds. The number of carbonyl (C=O) groups is 1. The molecule has 2 nitrogen and oxygen atoms in total. The first-order valence-corrected chi connectivity index (χ1v) is 6.13. The summed E-state index contributed by atoms with van der Waals surface area (Å²) in [7, 11) is -0.121. The molecule has 0 bridgehead atoms. The van der Waals surface area contributed by atoms with Gasteiger partial charge < -0.3 is 4.74 Å². The van der Waals surface area contributed by atoms with Crippen LogP contribution in [0.15, 0.2) is 12.7 Å². The van der Waals surface area contributed by atoms with Gasteiger partial charge in [0.2, 0.25) is 0 Å². The van der Waals surface area contributed by atoms with Crippen LogP contribution in [0.5, 0.6) is 0 Å². The Labute approximate surface area is 75.7 Å². The van der Waals surface area contributed by atoms with Crippen molar-refractivity contribution in [1.29, 1.82) is 0 Å². The lowest BCUT2D eigenvalue weighted by atomic mass is 10.7. The Morgan fingerprint density at radius 2 is 2.08 bits per heavy atom. The van der Waals surface area contributed by atoms with Crippen molar-refractivity contribution in [2.45, 2.75) is 13.8 Å². The van der Waals surface area contributed by atoms with Gasteiger partial charge in [-0.15, -0.1) is 0 Å². The Kier molecular flexibility index (Phi) is 7.08. The third-order valence-electron chi connectivity index (χ3n) is 1.61. The molecule has 0 aliphatic rings. The molecule has 70 valence electrons. The van der Waals surface area contributed by atoms with Crippen LogP contribution in [0.2, 0.25) is 0 Å². The van der Waals surface area contributed by atoms with Gasteiger partial charge in [-0.2, -0.15) is 0 Å². The smallest absolute Gasteiger partial charge is 0.310 e. The third-order valence-corrected chi connectivity index (χ3v) is 4.10. The van der Waals surface area contributed by atoms with Gasteiger partial charge in [-0.25, -0.2) is 0 Å². The molecule has 0 spiro atoms. The van der Waals surface area contributed by atoms with E-state index in [0.717, 1.165) is 12.3 Å². The second kappa shape index (κ2) is 7.30.